The molecule has 3 saturated heterocycles. The van der Waals surface area contributed by atoms with Crippen LogP contribution in [0.2, 0.25) is 0 Å². The number of esters is 1. The van der Waals surface area contributed by atoms with Crippen molar-refractivity contribution in [1.29, 1.82) is 0 Å². The van der Waals surface area contributed by atoms with Crippen LogP contribution in [-0.4, -0.2) is 96.1 Å². The molecule has 12 heteroatoms. The molecule has 2 bridgehead atoms. The highest BCUT2D eigenvalue weighted by Gasteiger charge is 2.77. The number of nitrogens with zero attached hydrogens (tertiary/aromatic N) is 5. The summed E-state index contributed by atoms with van der Waals surface area (Å²) in [4.78, 5) is 43.9. The Kier molecular flexibility index (Phi) is 6.84. The van der Waals surface area contributed by atoms with Crippen LogP contribution in [0.5, 0.6) is 0 Å². The number of carbonyl (C=O) groups is 3. The topological polar surface area (TPSA) is 127 Å². The summed E-state index contributed by atoms with van der Waals surface area (Å²) in [6, 6.07) is 5.70. The molecule has 2 amide bonds. The van der Waals surface area contributed by atoms with Gasteiger partial charge in [0.15, 0.2) is 0 Å². The average molecular weight is 576 g/mol. The highest BCUT2D eigenvalue weighted by Crippen LogP contribution is 2.60. The van der Waals surface area contributed by atoms with E-state index in [9.17, 15) is 19.5 Å². The molecule has 7 atom stereocenters. The number of aliphatic hydroxyl groups excluding tert-OH is 1. The number of hydrogen-bond acceptors (Lipinski definition) is 8. The van der Waals surface area contributed by atoms with E-state index in [-0.39, 0.29) is 43.1 Å². The van der Waals surface area contributed by atoms with Crippen LogP contribution < -0.4 is 0 Å². The van der Waals surface area contributed by atoms with E-state index >= 15 is 0 Å². The lowest BCUT2D eigenvalue weighted by molar-refractivity contribution is -0.156. The summed E-state index contributed by atoms with van der Waals surface area (Å²) in [6.07, 6.45) is 1.37. The first-order chi connectivity index (χ1) is 17.8. The molecule has 4 heterocycles. The molecule has 5 rings (SSSR count). The van der Waals surface area contributed by atoms with Gasteiger partial charge in [0.05, 0.1) is 42.7 Å². The molecular weight excluding hydrogens is 546 g/mol. The molecule has 1 aromatic carbocycles. The third-order valence-corrected chi connectivity index (χ3v) is 8.49. The van der Waals surface area contributed by atoms with Crippen molar-refractivity contribution in [3.63, 3.8) is 0 Å². The van der Waals surface area contributed by atoms with Gasteiger partial charge in [-0.3, -0.25) is 14.4 Å². The zero-order chi connectivity index (χ0) is 26.5. The minimum atomic E-state index is -1.24. The lowest BCUT2D eigenvalue weighted by Crippen LogP contribution is -2.58. The fourth-order valence-corrected chi connectivity index (χ4v) is 7.09. The van der Waals surface area contributed by atoms with Gasteiger partial charge in [-0.05, 0) is 32.4 Å². The van der Waals surface area contributed by atoms with Crippen LogP contribution in [0, 0.1) is 11.8 Å². The maximum Gasteiger partial charge on any atom is 0.312 e. The summed E-state index contributed by atoms with van der Waals surface area (Å²) in [6.45, 7) is 7.26. The van der Waals surface area contributed by atoms with E-state index < -0.39 is 41.6 Å². The Morgan fingerprint density at radius 3 is 2.89 bits per heavy atom. The van der Waals surface area contributed by atoms with Gasteiger partial charge in [0, 0.05) is 11.4 Å². The number of amides is 2. The molecule has 1 spiro atoms. The summed E-state index contributed by atoms with van der Waals surface area (Å²) < 4.78 is 13.4. The van der Waals surface area contributed by atoms with Crippen LogP contribution in [0.1, 0.15) is 20.3 Å². The molecule has 1 aromatic heterocycles. The third-order valence-electron chi connectivity index (χ3n) is 7.64. The van der Waals surface area contributed by atoms with E-state index in [0.717, 1.165) is 5.52 Å². The van der Waals surface area contributed by atoms with Gasteiger partial charge in [0.1, 0.15) is 23.8 Å². The summed E-state index contributed by atoms with van der Waals surface area (Å²) in [5.74, 6) is -3.00. The fourth-order valence-electron chi connectivity index (χ4n) is 6.15. The van der Waals surface area contributed by atoms with Gasteiger partial charge in [0.2, 0.25) is 11.8 Å². The quantitative estimate of drug-likeness (QED) is 0.267. The van der Waals surface area contributed by atoms with Crippen LogP contribution in [0.25, 0.3) is 11.0 Å². The number of halogens is 1. The van der Waals surface area contributed by atoms with Gasteiger partial charge in [0.25, 0.3) is 0 Å². The second-order valence-electron chi connectivity index (χ2n) is 9.76. The van der Waals surface area contributed by atoms with Crippen LogP contribution in [-0.2, 0) is 30.5 Å². The van der Waals surface area contributed by atoms with Gasteiger partial charge >= 0.3 is 5.97 Å². The third kappa shape index (κ3) is 3.88. The van der Waals surface area contributed by atoms with Crippen molar-refractivity contribution in [1.82, 2.24) is 24.8 Å². The summed E-state index contributed by atoms with van der Waals surface area (Å²) >= 11 is 3.63. The Balaban J connectivity index is 1.55. The Bertz CT molecular complexity index is 1240. The second kappa shape index (κ2) is 9.80. The number of para-hydroxylation sites is 1. The van der Waals surface area contributed by atoms with E-state index in [2.05, 4.69) is 32.8 Å². The number of ether oxygens (including phenoxy) is 2. The van der Waals surface area contributed by atoms with E-state index in [4.69, 9.17) is 9.47 Å². The molecule has 37 heavy (non-hydrogen) atoms. The van der Waals surface area contributed by atoms with Gasteiger partial charge in [-0.2, -0.15) is 0 Å². The molecule has 3 fully saturated rings. The molecular formula is C25H30BrN5O6. The van der Waals surface area contributed by atoms with Crippen LogP contribution in [0.4, 0.5) is 0 Å². The molecule has 3 aliphatic heterocycles. The predicted octanol–water partition coefficient (Wildman–Crippen LogP) is 1.10. The highest BCUT2D eigenvalue weighted by molar-refractivity contribution is 9.09. The van der Waals surface area contributed by atoms with Crippen molar-refractivity contribution < 1.29 is 29.0 Å². The van der Waals surface area contributed by atoms with Crippen LogP contribution >= 0.6 is 15.9 Å². The van der Waals surface area contributed by atoms with Crippen molar-refractivity contribution in [2.75, 3.05) is 19.8 Å². The first-order valence-corrected chi connectivity index (χ1v) is 13.3. The van der Waals surface area contributed by atoms with E-state index in [0.29, 0.717) is 11.9 Å². The van der Waals surface area contributed by atoms with Gasteiger partial charge < -0.3 is 24.4 Å². The number of alkyl halides is 1. The number of rotatable bonds is 9. The Morgan fingerprint density at radius 1 is 1.43 bits per heavy atom. The first-order valence-electron chi connectivity index (χ1n) is 12.4. The van der Waals surface area contributed by atoms with Crippen molar-refractivity contribution in [2.24, 2.45) is 11.8 Å². The minimum Gasteiger partial charge on any atom is -0.466 e. The fraction of sp³-hybridized carbons (Fsp3) is 0.560. The SMILES string of the molecule is C=CCN(Cn1nnc2ccccc21)C(=O)[C@H]1N([C@H](C)CO)C(=O)[C@@H]2[C@@H](C(=O)OCC)[C@@H]3O[C@@]21CC3Br. The Hall–Kier alpha value is -2.83. The molecule has 3 aliphatic rings. The van der Waals surface area contributed by atoms with E-state index in [1.807, 2.05) is 24.3 Å². The number of aromatic nitrogens is 3. The molecule has 1 unspecified atom stereocenters. The van der Waals surface area contributed by atoms with Gasteiger partial charge in [-0.25, -0.2) is 4.68 Å². The largest absolute Gasteiger partial charge is 0.466 e. The first kappa shape index (κ1) is 25.8. The molecule has 0 radical (unpaired) electrons. The van der Waals surface area contributed by atoms with Gasteiger partial charge in [-0.15, -0.1) is 11.7 Å². The maximum absolute atomic E-state index is 14.3. The number of likely N-dealkylation sites (tertiary alicyclic amines) is 1. The number of fused-ring (bicyclic) bond motifs is 2. The molecule has 11 nitrogen and oxygen atoms in total. The molecule has 198 valence electrons. The standard InChI is InChI=1S/C25H30BrN5O6/c1-4-10-29(13-30-17-9-7-6-8-16(17)27-28-30)23(34)21-25-11-15(26)20(37-25)18(24(35)36-5-2)19(25)22(33)31(21)14(3)12-32/h4,6-9,14-15,18-21,32H,1,5,10-13H2,2-3H3/t14-,15?,18-,19+,20-,21-,25+/m1/s1. The molecule has 1 N–H and O–H groups in total. The predicted molar refractivity (Wildman–Crippen MR) is 135 cm³/mol. The zero-order valence-corrected chi connectivity index (χ0v) is 22.3. The van der Waals surface area contributed by atoms with Gasteiger partial charge in [-0.1, -0.05) is 39.4 Å². The maximum atomic E-state index is 14.3. The number of hydrogen-bond donors (Lipinski definition) is 1. The lowest BCUT2D eigenvalue weighted by Gasteiger charge is -2.38. The van der Waals surface area contributed by atoms with Crippen molar-refractivity contribution in [2.45, 2.75) is 55.6 Å². The molecule has 0 aliphatic carbocycles. The van der Waals surface area contributed by atoms with Crippen molar-refractivity contribution >= 4 is 44.7 Å². The second-order valence-corrected chi connectivity index (χ2v) is 10.9. The van der Waals surface area contributed by atoms with Crippen LogP contribution in [0.15, 0.2) is 36.9 Å². The summed E-state index contributed by atoms with van der Waals surface area (Å²) in [5.41, 5.74) is 0.206. The minimum absolute atomic E-state index is 0.0701. The number of carbonyl (C=O) groups excluding carboxylic acids is 3. The zero-order valence-electron chi connectivity index (χ0n) is 20.7. The van der Waals surface area contributed by atoms with Crippen molar-refractivity contribution in [3.05, 3.63) is 36.9 Å². The van der Waals surface area contributed by atoms with E-state index in [1.165, 1.54) is 9.80 Å². The summed E-state index contributed by atoms with van der Waals surface area (Å²) in [5, 5.41) is 18.4. The monoisotopic (exact) mass is 575 g/mol. The van der Waals surface area contributed by atoms with Crippen molar-refractivity contribution in [3.8, 4) is 0 Å². The Morgan fingerprint density at radius 2 is 2.19 bits per heavy atom. The number of aliphatic hydroxyl groups is 1. The lowest BCUT2D eigenvalue weighted by atomic mass is 9.70. The molecule has 2 aromatic rings. The normalized spacial score (nSPS) is 31.0. The van der Waals surface area contributed by atoms with Crippen LogP contribution in [0.3, 0.4) is 0 Å². The smallest absolute Gasteiger partial charge is 0.312 e. The Labute approximate surface area is 222 Å². The summed E-state index contributed by atoms with van der Waals surface area (Å²) in [7, 11) is 0. The van der Waals surface area contributed by atoms with E-state index in [1.54, 1.807) is 24.6 Å². The highest BCUT2D eigenvalue weighted by atomic mass is 79.9. The average Bonchev–Trinajstić information content (AvgIpc) is 3.60. The molecule has 0 saturated carbocycles. The number of benzene rings is 1.